The number of hydrogen-bond acceptors (Lipinski definition) is 3. The Labute approximate surface area is 138 Å². The first-order chi connectivity index (χ1) is 11.1. The molecule has 1 saturated heterocycles. The van der Waals surface area contributed by atoms with Gasteiger partial charge in [-0.15, -0.1) is 0 Å². The number of fused-ring (bicyclic) bond motifs is 3. The Morgan fingerprint density at radius 3 is 2.13 bits per heavy atom. The maximum atomic E-state index is 12.7. The molecule has 1 aliphatic heterocycles. The predicted molar refractivity (Wildman–Crippen MR) is 85.7 cm³/mol. The Hall–Kier alpha value is -1.94. The third kappa shape index (κ3) is 1.65. The number of benzene rings is 1. The SMILES string of the molecule is O=C1[C@@H]2[C@H](C(=O)N1/N=C\c1ccc(Cl)cc1)[C@@H]1C=C[C@@H]2C12CC2. The van der Waals surface area contributed by atoms with Crippen LogP contribution in [0.25, 0.3) is 0 Å². The van der Waals surface area contributed by atoms with E-state index in [9.17, 15) is 9.59 Å². The second-order valence-corrected chi connectivity index (χ2v) is 7.44. The Morgan fingerprint density at radius 1 is 1.04 bits per heavy atom. The van der Waals surface area contributed by atoms with E-state index in [0.29, 0.717) is 5.02 Å². The van der Waals surface area contributed by atoms with Gasteiger partial charge >= 0.3 is 0 Å². The van der Waals surface area contributed by atoms with Crippen molar-refractivity contribution in [1.82, 2.24) is 5.01 Å². The minimum Gasteiger partial charge on any atom is -0.272 e. The summed E-state index contributed by atoms with van der Waals surface area (Å²) in [7, 11) is 0. The molecule has 4 atom stereocenters. The summed E-state index contributed by atoms with van der Waals surface area (Å²) in [6, 6.07) is 7.13. The molecule has 2 bridgehead atoms. The molecule has 116 valence electrons. The van der Waals surface area contributed by atoms with E-state index in [1.807, 2.05) is 12.1 Å². The molecule has 0 unspecified atom stereocenters. The lowest BCUT2D eigenvalue weighted by Gasteiger charge is -2.18. The van der Waals surface area contributed by atoms with Crippen LogP contribution in [0.15, 0.2) is 41.5 Å². The predicted octanol–water partition coefficient (Wildman–Crippen LogP) is 2.87. The molecule has 23 heavy (non-hydrogen) atoms. The average molecular weight is 327 g/mol. The van der Waals surface area contributed by atoms with Gasteiger partial charge in [-0.1, -0.05) is 35.9 Å². The van der Waals surface area contributed by atoms with E-state index in [-0.39, 0.29) is 40.9 Å². The van der Waals surface area contributed by atoms with Crippen LogP contribution in [0.4, 0.5) is 0 Å². The molecule has 0 radical (unpaired) electrons. The van der Waals surface area contributed by atoms with Crippen LogP contribution in [-0.2, 0) is 9.59 Å². The maximum absolute atomic E-state index is 12.7. The summed E-state index contributed by atoms with van der Waals surface area (Å²) in [5.74, 6) is -0.166. The van der Waals surface area contributed by atoms with Crippen LogP contribution in [0.5, 0.6) is 0 Å². The molecule has 3 fully saturated rings. The Bertz CT molecular complexity index is 745. The second kappa shape index (κ2) is 4.32. The highest BCUT2D eigenvalue weighted by Gasteiger charge is 2.73. The Morgan fingerprint density at radius 2 is 1.61 bits per heavy atom. The molecule has 4 aliphatic rings. The van der Waals surface area contributed by atoms with Crippen LogP contribution in [0.1, 0.15) is 18.4 Å². The van der Waals surface area contributed by atoms with Gasteiger partial charge in [-0.2, -0.15) is 10.1 Å². The molecular weight excluding hydrogens is 312 g/mol. The number of carbonyl (C=O) groups excluding carboxylic acids is 2. The maximum Gasteiger partial charge on any atom is 0.254 e. The van der Waals surface area contributed by atoms with Gasteiger partial charge in [0, 0.05) is 5.02 Å². The van der Waals surface area contributed by atoms with Crippen molar-refractivity contribution in [3.05, 3.63) is 47.0 Å². The van der Waals surface area contributed by atoms with Gasteiger partial charge < -0.3 is 0 Å². The van der Waals surface area contributed by atoms with Crippen molar-refractivity contribution < 1.29 is 9.59 Å². The van der Waals surface area contributed by atoms with Gasteiger partial charge in [-0.25, -0.2) is 0 Å². The van der Waals surface area contributed by atoms with Crippen molar-refractivity contribution in [1.29, 1.82) is 0 Å². The fourth-order valence-electron chi connectivity index (χ4n) is 4.85. The monoisotopic (exact) mass is 326 g/mol. The Balaban J connectivity index is 1.43. The van der Waals surface area contributed by atoms with Crippen LogP contribution in [-0.4, -0.2) is 23.0 Å². The fraction of sp³-hybridized carbons (Fsp3) is 0.389. The van der Waals surface area contributed by atoms with E-state index < -0.39 is 0 Å². The number of rotatable bonds is 2. The standard InChI is InChI=1S/C18H15ClN2O2/c19-11-3-1-10(2-4-11)9-20-21-16(22)14-12-5-6-13(15(14)17(21)23)18(12)7-8-18/h1-6,9,12-15H,7-8H2/b20-9-/t12-,13-,14-,15+/m0/s1. The number of hydrazone groups is 1. The number of hydrogen-bond donors (Lipinski definition) is 0. The third-order valence-electron chi connectivity index (χ3n) is 6.02. The summed E-state index contributed by atoms with van der Waals surface area (Å²) in [5.41, 5.74) is 1.04. The fourth-order valence-corrected chi connectivity index (χ4v) is 4.98. The topological polar surface area (TPSA) is 49.7 Å². The zero-order valence-electron chi connectivity index (χ0n) is 12.4. The highest BCUT2D eigenvalue weighted by atomic mass is 35.5. The second-order valence-electron chi connectivity index (χ2n) is 7.01. The van der Waals surface area contributed by atoms with Gasteiger partial charge in [0.2, 0.25) is 0 Å². The number of carbonyl (C=O) groups is 2. The molecule has 1 spiro atoms. The van der Waals surface area contributed by atoms with Gasteiger partial charge in [0.1, 0.15) is 0 Å². The zero-order chi connectivity index (χ0) is 15.8. The van der Waals surface area contributed by atoms with E-state index >= 15 is 0 Å². The van der Waals surface area contributed by atoms with E-state index in [4.69, 9.17) is 11.6 Å². The minimum atomic E-state index is -0.192. The van der Waals surface area contributed by atoms with Crippen molar-refractivity contribution in [3.8, 4) is 0 Å². The van der Waals surface area contributed by atoms with Gasteiger partial charge in [0.25, 0.3) is 11.8 Å². The lowest BCUT2D eigenvalue weighted by Crippen LogP contribution is -2.30. The van der Waals surface area contributed by atoms with E-state index in [1.165, 1.54) is 0 Å². The van der Waals surface area contributed by atoms with Crippen LogP contribution in [0.3, 0.4) is 0 Å². The first kappa shape index (κ1) is 13.5. The third-order valence-corrected chi connectivity index (χ3v) is 6.27. The molecule has 5 rings (SSSR count). The molecule has 4 nitrogen and oxygen atoms in total. The van der Waals surface area contributed by atoms with E-state index in [2.05, 4.69) is 17.3 Å². The van der Waals surface area contributed by atoms with Gasteiger partial charge in [-0.3, -0.25) is 9.59 Å². The molecule has 1 aromatic rings. The van der Waals surface area contributed by atoms with Crippen molar-refractivity contribution in [2.24, 2.45) is 34.2 Å². The molecule has 2 saturated carbocycles. The molecule has 0 N–H and O–H groups in total. The molecule has 3 aliphatic carbocycles. The normalized spacial score (nSPS) is 35.8. The smallest absolute Gasteiger partial charge is 0.254 e. The van der Waals surface area contributed by atoms with E-state index in [0.717, 1.165) is 23.4 Å². The van der Waals surface area contributed by atoms with Crippen molar-refractivity contribution in [2.45, 2.75) is 12.8 Å². The summed E-state index contributed by atoms with van der Waals surface area (Å²) in [5, 5.41) is 5.90. The van der Waals surface area contributed by atoms with Crippen LogP contribution in [0, 0.1) is 29.1 Å². The number of amides is 2. The van der Waals surface area contributed by atoms with Crippen molar-refractivity contribution in [3.63, 3.8) is 0 Å². The average Bonchev–Trinajstić information content (AvgIpc) is 3.15. The first-order valence-corrected chi connectivity index (χ1v) is 8.35. The summed E-state index contributed by atoms with van der Waals surface area (Å²) in [6.45, 7) is 0. The molecule has 0 aromatic heterocycles. The van der Waals surface area contributed by atoms with E-state index in [1.54, 1.807) is 18.3 Å². The lowest BCUT2D eigenvalue weighted by atomic mass is 9.85. The van der Waals surface area contributed by atoms with Gasteiger partial charge in [0.15, 0.2) is 0 Å². The lowest BCUT2D eigenvalue weighted by molar-refractivity contribution is -0.141. The number of nitrogens with zero attached hydrogens (tertiary/aromatic N) is 2. The van der Waals surface area contributed by atoms with Crippen LogP contribution in [0.2, 0.25) is 5.02 Å². The summed E-state index contributed by atoms with van der Waals surface area (Å²) >= 11 is 5.85. The largest absolute Gasteiger partial charge is 0.272 e. The summed E-state index contributed by atoms with van der Waals surface area (Å²) in [4.78, 5) is 25.4. The molecular formula is C18H15ClN2O2. The van der Waals surface area contributed by atoms with Crippen molar-refractivity contribution >= 4 is 29.6 Å². The van der Waals surface area contributed by atoms with Gasteiger partial charge in [-0.05, 0) is 47.8 Å². The number of imide groups is 1. The summed E-state index contributed by atoms with van der Waals surface area (Å²) < 4.78 is 0. The first-order valence-electron chi connectivity index (χ1n) is 7.97. The minimum absolute atomic E-state index is 0.131. The number of halogens is 1. The number of allylic oxidation sites excluding steroid dienone is 2. The zero-order valence-corrected chi connectivity index (χ0v) is 13.1. The molecule has 1 heterocycles. The van der Waals surface area contributed by atoms with Crippen LogP contribution >= 0.6 is 11.6 Å². The highest BCUT2D eigenvalue weighted by molar-refractivity contribution is 6.30. The molecule has 5 heteroatoms. The van der Waals surface area contributed by atoms with Gasteiger partial charge in [0.05, 0.1) is 18.1 Å². The summed E-state index contributed by atoms with van der Waals surface area (Å²) in [6.07, 6.45) is 8.18. The Kier molecular flexibility index (Phi) is 2.54. The highest BCUT2D eigenvalue weighted by Crippen LogP contribution is 2.73. The van der Waals surface area contributed by atoms with Crippen LogP contribution < -0.4 is 0 Å². The molecule has 1 aromatic carbocycles. The quantitative estimate of drug-likeness (QED) is 0.476. The molecule has 2 amide bonds. The van der Waals surface area contributed by atoms with Crippen molar-refractivity contribution in [2.75, 3.05) is 0 Å².